The maximum absolute atomic E-state index is 5.14. The van der Waals surface area contributed by atoms with Crippen molar-refractivity contribution in [3.63, 3.8) is 0 Å². The van der Waals surface area contributed by atoms with Crippen LogP contribution < -0.4 is 10.6 Å². The molecule has 0 bridgehead atoms. The molecule has 9 nitrogen and oxygen atoms in total. The number of aromatic nitrogens is 3. The Bertz CT molecular complexity index is 631. The summed E-state index contributed by atoms with van der Waals surface area (Å²) in [4.78, 5) is 13.9. The molecule has 0 spiro atoms. The normalized spacial score (nSPS) is 22.0. The first-order chi connectivity index (χ1) is 13.7. The van der Waals surface area contributed by atoms with Crippen LogP contribution in [-0.4, -0.2) is 97.0 Å². The predicted molar refractivity (Wildman–Crippen MR) is 111 cm³/mol. The van der Waals surface area contributed by atoms with E-state index in [2.05, 4.69) is 42.6 Å². The molecule has 3 heterocycles. The second-order valence-corrected chi connectivity index (χ2v) is 7.79. The molecular formula is C19H36N8O. The summed E-state index contributed by atoms with van der Waals surface area (Å²) in [6.45, 7) is 8.14. The molecule has 2 aliphatic rings. The van der Waals surface area contributed by atoms with Crippen LogP contribution in [0.5, 0.6) is 0 Å². The highest BCUT2D eigenvalue weighted by Crippen LogP contribution is 2.13. The third-order valence-electron chi connectivity index (χ3n) is 5.50. The lowest BCUT2D eigenvalue weighted by atomic mass is 10.1. The SMILES string of the molecule is CN=C(NCCCN1CCCN(C)CC1)NC1CCc2nc(COC)nn2C1. The van der Waals surface area contributed by atoms with Crippen LogP contribution in [0.15, 0.2) is 4.99 Å². The van der Waals surface area contributed by atoms with Gasteiger partial charge in [0.15, 0.2) is 11.8 Å². The van der Waals surface area contributed by atoms with Gasteiger partial charge in [-0.1, -0.05) is 0 Å². The molecule has 1 unspecified atom stereocenters. The molecule has 1 aromatic rings. The van der Waals surface area contributed by atoms with Crippen molar-refractivity contribution in [2.45, 2.75) is 44.9 Å². The molecule has 2 aliphatic heterocycles. The zero-order valence-corrected chi connectivity index (χ0v) is 17.7. The van der Waals surface area contributed by atoms with E-state index in [0.29, 0.717) is 12.6 Å². The fourth-order valence-corrected chi connectivity index (χ4v) is 3.89. The Balaban J connectivity index is 1.37. The molecule has 2 N–H and O–H groups in total. The summed E-state index contributed by atoms with van der Waals surface area (Å²) in [7, 11) is 5.72. The van der Waals surface area contributed by atoms with Crippen LogP contribution in [0.1, 0.15) is 30.9 Å². The second kappa shape index (κ2) is 10.7. The molecule has 0 aliphatic carbocycles. The zero-order valence-electron chi connectivity index (χ0n) is 17.7. The largest absolute Gasteiger partial charge is 0.377 e. The molecule has 9 heteroatoms. The van der Waals surface area contributed by atoms with Gasteiger partial charge >= 0.3 is 0 Å². The zero-order chi connectivity index (χ0) is 19.8. The predicted octanol–water partition coefficient (Wildman–Crippen LogP) is -0.0681. The summed E-state index contributed by atoms with van der Waals surface area (Å²) in [5.41, 5.74) is 0. The van der Waals surface area contributed by atoms with E-state index in [1.807, 2.05) is 11.7 Å². The van der Waals surface area contributed by atoms with Crippen LogP contribution in [0.2, 0.25) is 0 Å². The van der Waals surface area contributed by atoms with Crippen molar-refractivity contribution in [2.75, 3.05) is 60.5 Å². The van der Waals surface area contributed by atoms with Gasteiger partial charge in [0, 0.05) is 46.3 Å². The average Bonchev–Trinajstić information content (AvgIpc) is 2.97. The number of hydrogen-bond donors (Lipinski definition) is 2. The number of aryl methyl sites for hydroxylation is 1. The van der Waals surface area contributed by atoms with E-state index in [-0.39, 0.29) is 0 Å². The summed E-state index contributed by atoms with van der Waals surface area (Å²) >= 11 is 0. The number of hydrogen-bond acceptors (Lipinski definition) is 6. The third-order valence-corrected chi connectivity index (χ3v) is 5.50. The number of ether oxygens (including phenoxy) is 1. The highest BCUT2D eigenvalue weighted by molar-refractivity contribution is 5.79. The first-order valence-electron chi connectivity index (χ1n) is 10.5. The Morgan fingerprint density at radius 3 is 3.00 bits per heavy atom. The highest BCUT2D eigenvalue weighted by Gasteiger charge is 2.22. The Morgan fingerprint density at radius 1 is 1.29 bits per heavy atom. The first-order valence-corrected chi connectivity index (χ1v) is 10.5. The van der Waals surface area contributed by atoms with Crippen molar-refractivity contribution >= 4 is 5.96 Å². The Morgan fingerprint density at radius 2 is 2.18 bits per heavy atom. The van der Waals surface area contributed by atoms with Crippen LogP contribution in [0.4, 0.5) is 0 Å². The van der Waals surface area contributed by atoms with Crippen molar-refractivity contribution in [3.8, 4) is 0 Å². The van der Waals surface area contributed by atoms with Crippen LogP contribution in [0.3, 0.4) is 0 Å². The van der Waals surface area contributed by atoms with E-state index in [1.165, 1.54) is 32.6 Å². The maximum Gasteiger partial charge on any atom is 0.191 e. The Hall–Kier alpha value is -1.71. The average molecular weight is 393 g/mol. The quantitative estimate of drug-likeness (QED) is 0.382. The van der Waals surface area contributed by atoms with Crippen LogP contribution >= 0.6 is 0 Å². The fraction of sp³-hybridized carbons (Fsp3) is 0.842. The number of likely N-dealkylation sites (N-methyl/N-ethyl adjacent to an activating group) is 1. The van der Waals surface area contributed by atoms with E-state index in [0.717, 1.165) is 56.5 Å². The molecular weight excluding hydrogens is 356 g/mol. The second-order valence-electron chi connectivity index (χ2n) is 7.79. The van der Waals surface area contributed by atoms with Crippen molar-refractivity contribution in [2.24, 2.45) is 4.99 Å². The lowest BCUT2D eigenvalue weighted by molar-refractivity contribution is 0.177. The van der Waals surface area contributed by atoms with E-state index >= 15 is 0 Å². The summed E-state index contributed by atoms with van der Waals surface area (Å²) in [6, 6.07) is 0.317. The van der Waals surface area contributed by atoms with E-state index in [9.17, 15) is 0 Å². The highest BCUT2D eigenvalue weighted by atomic mass is 16.5. The molecule has 1 fully saturated rings. The minimum atomic E-state index is 0.317. The molecule has 0 amide bonds. The smallest absolute Gasteiger partial charge is 0.191 e. The summed E-state index contributed by atoms with van der Waals surface area (Å²) in [5.74, 6) is 2.69. The molecule has 1 atom stereocenters. The molecule has 158 valence electrons. The number of guanidine groups is 1. The van der Waals surface area contributed by atoms with Gasteiger partial charge in [0.2, 0.25) is 0 Å². The van der Waals surface area contributed by atoms with Crippen molar-refractivity contribution in [3.05, 3.63) is 11.6 Å². The third kappa shape index (κ3) is 6.15. The lowest BCUT2D eigenvalue weighted by Gasteiger charge is -2.25. The molecule has 1 saturated heterocycles. The Kier molecular flexibility index (Phi) is 8.05. The topological polar surface area (TPSA) is 82.8 Å². The maximum atomic E-state index is 5.14. The van der Waals surface area contributed by atoms with Crippen LogP contribution in [-0.2, 0) is 24.3 Å². The lowest BCUT2D eigenvalue weighted by Crippen LogP contribution is -2.47. The van der Waals surface area contributed by atoms with Crippen LogP contribution in [0.25, 0.3) is 0 Å². The van der Waals surface area contributed by atoms with E-state index in [4.69, 9.17) is 4.74 Å². The summed E-state index contributed by atoms with van der Waals surface area (Å²) < 4.78 is 7.14. The summed E-state index contributed by atoms with van der Waals surface area (Å²) in [6.07, 6.45) is 4.36. The van der Waals surface area contributed by atoms with Gasteiger partial charge in [-0.25, -0.2) is 9.67 Å². The number of aliphatic imine (C=N–C) groups is 1. The molecule has 0 saturated carbocycles. The molecule has 0 aromatic carbocycles. The number of nitrogens with one attached hydrogen (secondary N) is 2. The number of nitrogens with zero attached hydrogens (tertiary/aromatic N) is 6. The minimum absolute atomic E-state index is 0.317. The fourth-order valence-electron chi connectivity index (χ4n) is 3.89. The van der Waals surface area contributed by atoms with E-state index in [1.54, 1.807) is 7.11 Å². The van der Waals surface area contributed by atoms with Gasteiger partial charge in [-0.2, -0.15) is 5.10 Å². The summed E-state index contributed by atoms with van der Waals surface area (Å²) in [5, 5.41) is 11.5. The van der Waals surface area contributed by atoms with Crippen molar-refractivity contribution in [1.82, 2.24) is 35.2 Å². The molecule has 28 heavy (non-hydrogen) atoms. The molecule has 3 rings (SSSR count). The van der Waals surface area contributed by atoms with Gasteiger partial charge in [-0.3, -0.25) is 4.99 Å². The minimum Gasteiger partial charge on any atom is -0.377 e. The molecule has 1 aromatic heterocycles. The standard InChI is InChI=1S/C19H36N8O/c1-20-19(21-8-4-10-26-11-5-9-25(2)12-13-26)22-16-6-7-18-23-17(15-28-3)24-27(18)14-16/h16H,4-15H2,1-3H3,(H2,20,21,22). The monoisotopic (exact) mass is 392 g/mol. The van der Waals surface area contributed by atoms with E-state index < -0.39 is 0 Å². The van der Waals surface area contributed by atoms with Crippen LogP contribution in [0, 0.1) is 0 Å². The van der Waals surface area contributed by atoms with Gasteiger partial charge in [-0.15, -0.1) is 0 Å². The van der Waals surface area contributed by atoms with Crippen molar-refractivity contribution < 1.29 is 4.74 Å². The van der Waals surface area contributed by atoms with Gasteiger partial charge in [0.05, 0.1) is 6.54 Å². The first kappa shape index (κ1) is 21.0. The number of fused-ring (bicyclic) bond motifs is 1. The molecule has 0 radical (unpaired) electrons. The Labute approximate surface area is 168 Å². The number of rotatable bonds is 7. The van der Waals surface area contributed by atoms with Crippen molar-refractivity contribution in [1.29, 1.82) is 0 Å². The van der Waals surface area contributed by atoms with Gasteiger partial charge in [0.25, 0.3) is 0 Å². The van der Waals surface area contributed by atoms with Gasteiger partial charge < -0.3 is 25.2 Å². The van der Waals surface area contributed by atoms with Gasteiger partial charge in [0.1, 0.15) is 12.4 Å². The van der Waals surface area contributed by atoms with Gasteiger partial charge in [-0.05, 0) is 45.9 Å². The number of methoxy groups -OCH3 is 1.